The molecule has 2 heterocycles. The minimum absolute atomic E-state index is 0.226. The number of benzene rings is 1. The molecule has 5 heteroatoms. The van der Waals surface area contributed by atoms with Gasteiger partial charge in [0, 0.05) is 31.2 Å². The fourth-order valence-electron chi connectivity index (χ4n) is 4.60. The van der Waals surface area contributed by atoms with Gasteiger partial charge in [0.15, 0.2) is 0 Å². The molecule has 2 aliphatic rings. The molecule has 0 radical (unpaired) electrons. The monoisotopic (exact) mass is 368 g/mol. The number of nitrogens with zero attached hydrogens (tertiary/aromatic N) is 2. The van der Waals surface area contributed by atoms with Gasteiger partial charge in [-0.2, -0.15) is 0 Å². The van der Waals surface area contributed by atoms with Crippen LogP contribution in [-0.2, 0) is 0 Å². The molecule has 1 aromatic carbocycles. The lowest BCUT2D eigenvalue weighted by Gasteiger charge is -2.23. The van der Waals surface area contributed by atoms with Crippen molar-refractivity contribution in [1.82, 2.24) is 9.88 Å². The summed E-state index contributed by atoms with van der Waals surface area (Å²) >= 11 is 0. The molecule has 1 saturated carbocycles. The van der Waals surface area contributed by atoms with E-state index in [-0.39, 0.29) is 5.75 Å². The van der Waals surface area contributed by atoms with Gasteiger partial charge >= 0.3 is 0 Å². The van der Waals surface area contributed by atoms with E-state index < -0.39 is 0 Å². The Kier molecular flexibility index (Phi) is 5.21. The standard InChI is InChI=1S/C22H28N2O3/c1-15(22-8-3-18(25)11-23-22)12-24-13-16-9-21(10-17(16)14-24)27-20-6-4-19(26-2)5-7-20/h3-8,11,15-17,21,25H,9-10,12-14H2,1-2H3/t15?,16-,17+,21-. The van der Waals surface area contributed by atoms with E-state index in [0.717, 1.165) is 61.5 Å². The summed E-state index contributed by atoms with van der Waals surface area (Å²) in [7, 11) is 1.68. The number of likely N-dealkylation sites (tertiary alicyclic amines) is 1. The smallest absolute Gasteiger partial charge is 0.133 e. The first-order valence-electron chi connectivity index (χ1n) is 9.78. The minimum Gasteiger partial charge on any atom is -0.506 e. The SMILES string of the molecule is COc1ccc(O[C@@H]2C[C@@H]3CN(CC(C)c4ccc(O)cn4)C[C@@H]3C2)cc1. The lowest BCUT2D eigenvalue weighted by Crippen LogP contribution is -2.28. The van der Waals surface area contributed by atoms with Gasteiger partial charge in [0.1, 0.15) is 17.2 Å². The Morgan fingerprint density at radius 1 is 1.07 bits per heavy atom. The second-order valence-corrected chi connectivity index (χ2v) is 7.97. The second-order valence-electron chi connectivity index (χ2n) is 7.97. The molecular formula is C22H28N2O3. The fraction of sp³-hybridized carbons (Fsp3) is 0.500. The van der Waals surface area contributed by atoms with Gasteiger partial charge < -0.3 is 19.5 Å². The van der Waals surface area contributed by atoms with Crippen molar-refractivity contribution in [2.75, 3.05) is 26.7 Å². The number of hydrogen-bond acceptors (Lipinski definition) is 5. The molecule has 1 aliphatic carbocycles. The Hall–Kier alpha value is -2.27. The zero-order valence-corrected chi connectivity index (χ0v) is 16.0. The van der Waals surface area contributed by atoms with Crippen LogP contribution in [0.15, 0.2) is 42.6 Å². The van der Waals surface area contributed by atoms with E-state index in [4.69, 9.17) is 9.47 Å². The molecule has 144 valence electrons. The van der Waals surface area contributed by atoms with Crippen molar-refractivity contribution in [3.63, 3.8) is 0 Å². The number of aromatic nitrogens is 1. The number of rotatable bonds is 6. The highest BCUT2D eigenvalue weighted by atomic mass is 16.5. The molecule has 1 aromatic heterocycles. The molecule has 1 unspecified atom stereocenters. The maximum Gasteiger partial charge on any atom is 0.133 e. The summed E-state index contributed by atoms with van der Waals surface area (Å²) in [6.45, 7) is 5.53. The minimum atomic E-state index is 0.226. The van der Waals surface area contributed by atoms with Crippen LogP contribution in [0.3, 0.4) is 0 Å². The molecular weight excluding hydrogens is 340 g/mol. The lowest BCUT2D eigenvalue weighted by molar-refractivity contribution is 0.184. The molecule has 0 bridgehead atoms. The van der Waals surface area contributed by atoms with Crippen molar-refractivity contribution in [2.45, 2.75) is 31.8 Å². The van der Waals surface area contributed by atoms with Crippen LogP contribution in [0.4, 0.5) is 0 Å². The Morgan fingerprint density at radius 3 is 2.33 bits per heavy atom. The lowest BCUT2D eigenvalue weighted by atomic mass is 10.0. The number of aromatic hydroxyl groups is 1. The zero-order chi connectivity index (χ0) is 18.8. The molecule has 0 spiro atoms. The van der Waals surface area contributed by atoms with Crippen molar-refractivity contribution in [1.29, 1.82) is 0 Å². The normalized spacial score (nSPS) is 25.9. The Labute approximate surface area is 160 Å². The molecule has 1 N–H and O–H groups in total. The second kappa shape index (κ2) is 7.77. The molecule has 27 heavy (non-hydrogen) atoms. The first-order chi connectivity index (χ1) is 13.1. The van der Waals surface area contributed by atoms with Gasteiger partial charge in [-0.3, -0.25) is 4.98 Å². The van der Waals surface area contributed by atoms with Gasteiger partial charge in [-0.1, -0.05) is 6.92 Å². The maximum absolute atomic E-state index is 9.40. The first-order valence-corrected chi connectivity index (χ1v) is 9.78. The molecule has 4 rings (SSSR count). The summed E-state index contributed by atoms with van der Waals surface area (Å²) in [5.41, 5.74) is 1.05. The van der Waals surface area contributed by atoms with E-state index in [1.54, 1.807) is 13.2 Å². The summed E-state index contributed by atoms with van der Waals surface area (Å²) in [6.07, 6.45) is 4.13. The number of ether oxygens (including phenoxy) is 2. The van der Waals surface area contributed by atoms with Crippen LogP contribution < -0.4 is 9.47 Å². The van der Waals surface area contributed by atoms with Crippen LogP contribution in [-0.4, -0.2) is 47.8 Å². The summed E-state index contributed by atoms with van der Waals surface area (Å²) < 4.78 is 11.4. The van der Waals surface area contributed by atoms with Crippen LogP contribution in [0.2, 0.25) is 0 Å². The molecule has 2 aromatic rings. The quantitative estimate of drug-likeness (QED) is 0.843. The van der Waals surface area contributed by atoms with E-state index in [0.29, 0.717) is 12.0 Å². The summed E-state index contributed by atoms with van der Waals surface area (Å²) in [4.78, 5) is 6.93. The van der Waals surface area contributed by atoms with Gasteiger partial charge in [-0.25, -0.2) is 0 Å². The third-order valence-corrected chi connectivity index (χ3v) is 5.95. The zero-order valence-electron chi connectivity index (χ0n) is 16.0. The highest BCUT2D eigenvalue weighted by Crippen LogP contribution is 2.40. The van der Waals surface area contributed by atoms with Crippen molar-refractivity contribution in [3.8, 4) is 17.2 Å². The molecule has 5 nitrogen and oxygen atoms in total. The highest BCUT2D eigenvalue weighted by Gasteiger charge is 2.42. The van der Waals surface area contributed by atoms with Crippen molar-refractivity contribution < 1.29 is 14.6 Å². The average molecular weight is 368 g/mol. The van der Waals surface area contributed by atoms with E-state index in [1.807, 2.05) is 30.3 Å². The van der Waals surface area contributed by atoms with Crippen molar-refractivity contribution in [2.24, 2.45) is 11.8 Å². The molecule has 1 saturated heterocycles. The molecule has 0 amide bonds. The average Bonchev–Trinajstić information content (AvgIpc) is 3.20. The van der Waals surface area contributed by atoms with Crippen LogP contribution in [0.1, 0.15) is 31.4 Å². The van der Waals surface area contributed by atoms with Crippen LogP contribution in [0.25, 0.3) is 0 Å². The van der Waals surface area contributed by atoms with Gasteiger partial charge in [0.25, 0.3) is 0 Å². The van der Waals surface area contributed by atoms with Crippen LogP contribution in [0.5, 0.6) is 17.2 Å². The number of pyridine rings is 1. The van der Waals surface area contributed by atoms with Gasteiger partial charge in [-0.05, 0) is 61.1 Å². The predicted molar refractivity (Wildman–Crippen MR) is 104 cm³/mol. The van der Waals surface area contributed by atoms with Crippen LogP contribution >= 0.6 is 0 Å². The Morgan fingerprint density at radius 2 is 1.74 bits per heavy atom. The van der Waals surface area contributed by atoms with E-state index >= 15 is 0 Å². The predicted octanol–water partition coefficient (Wildman–Crippen LogP) is 3.69. The topological polar surface area (TPSA) is 54.8 Å². The summed E-state index contributed by atoms with van der Waals surface area (Å²) in [5, 5.41) is 9.40. The Balaban J connectivity index is 1.27. The van der Waals surface area contributed by atoms with Gasteiger partial charge in [0.05, 0.1) is 19.4 Å². The van der Waals surface area contributed by atoms with Gasteiger partial charge in [0.2, 0.25) is 0 Å². The third-order valence-electron chi connectivity index (χ3n) is 5.95. The van der Waals surface area contributed by atoms with E-state index in [9.17, 15) is 5.11 Å². The van der Waals surface area contributed by atoms with Crippen LogP contribution in [0, 0.1) is 11.8 Å². The van der Waals surface area contributed by atoms with Crippen molar-refractivity contribution in [3.05, 3.63) is 48.3 Å². The molecule has 4 atom stereocenters. The number of hydrogen-bond donors (Lipinski definition) is 1. The maximum atomic E-state index is 9.40. The van der Waals surface area contributed by atoms with Gasteiger partial charge in [-0.15, -0.1) is 0 Å². The van der Waals surface area contributed by atoms with Crippen molar-refractivity contribution >= 4 is 0 Å². The summed E-state index contributed by atoms with van der Waals surface area (Å²) in [6, 6.07) is 11.5. The molecule has 1 aliphatic heterocycles. The third kappa shape index (κ3) is 4.19. The number of fused-ring (bicyclic) bond motifs is 1. The number of methoxy groups -OCH3 is 1. The Bertz CT molecular complexity index is 733. The van der Waals surface area contributed by atoms with E-state index in [2.05, 4.69) is 16.8 Å². The highest BCUT2D eigenvalue weighted by molar-refractivity contribution is 5.31. The largest absolute Gasteiger partial charge is 0.506 e. The fourth-order valence-corrected chi connectivity index (χ4v) is 4.60. The molecule has 2 fully saturated rings. The summed E-state index contributed by atoms with van der Waals surface area (Å²) in [5.74, 6) is 3.85. The van der Waals surface area contributed by atoms with E-state index in [1.165, 1.54) is 6.20 Å². The first kappa shape index (κ1) is 18.1.